The third kappa shape index (κ3) is 6.75. The highest BCUT2D eigenvalue weighted by Gasteiger charge is 2.19. The van der Waals surface area contributed by atoms with Gasteiger partial charge in [0.15, 0.2) is 18.1 Å². The van der Waals surface area contributed by atoms with Crippen LogP contribution in [0.2, 0.25) is 0 Å². The van der Waals surface area contributed by atoms with E-state index in [9.17, 15) is 9.59 Å². The zero-order valence-electron chi connectivity index (χ0n) is 18.4. The van der Waals surface area contributed by atoms with E-state index in [-0.39, 0.29) is 18.5 Å². The molecule has 0 heterocycles. The Morgan fingerprint density at radius 1 is 0.968 bits per heavy atom. The lowest BCUT2D eigenvalue weighted by molar-refractivity contribution is -0.121. The molecule has 31 heavy (non-hydrogen) atoms. The Morgan fingerprint density at radius 3 is 2.23 bits per heavy atom. The third-order valence-corrected chi connectivity index (χ3v) is 4.37. The molecule has 0 N–H and O–H groups in total. The van der Waals surface area contributed by atoms with Crippen molar-refractivity contribution in [1.29, 1.82) is 5.26 Å². The average Bonchev–Trinajstić information content (AvgIpc) is 2.73. The normalized spacial score (nSPS) is 10.2. The van der Waals surface area contributed by atoms with Gasteiger partial charge in [-0.1, -0.05) is 6.07 Å². The fourth-order valence-electron chi connectivity index (χ4n) is 3.13. The first-order valence-electron chi connectivity index (χ1n) is 10.2. The summed E-state index contributed by atoms with van der Waals surface area (Å²) in [7, 11) is 0. The summed E-state index contributed by atoms with van der Waals surface area (Å²) < 4.78 is 16.3. The number of hydrogen-bond acceptors (Lipinski definition) is 6. The topological polar surface area (TPSA) is 88.9 Å². The van der Waals surface area contributed by atoms with Gasteiger partial charge in [-0.3, -0.25) is 4.79 Å². The van der Waals surface area contributed by atoms with Crippen LogP contribution in [-0.4, -0.2) is 38.2 Å². The second-order valence-electron chi connectivity index (χ2n) is 6.90. The Labute approximate surface area is 183 Å². The first kappa shape index (κ1) is 23.7. The number of hydrogen-bond donors (Lipinski definition) is 0. The van der Waals surface area contributed by atoms with E-state index < -0.39 is 18.5 Å². The predicted octanol–water partition coefficient (Wildman–Crippen LogP) is 4.20. The van der Waals surface area contributed by atoms with E-state index in [1.807, 2.05) is 52.0 Å². The summed E-state index contributed by atoms with van der Waals surface area (Å²) in [6.45, 7) is 8.23. The first-order valence-corrected chi connectivity index (χ1v) is 10.2. The molecule has 0 aromatic heterocycles. The second kappa shape index (κ2) is 11.6. The molecule has 164 valence electrons. The summed E-state index contributed by atoms with van der Waals surface area (Å²) in [6, 6.07) is 12.5. The molecule has 0 saturated carbocycles. The molecule has 2 rings (SSSR count). The van der Waals surface area contributed by atoms with Crippen molar-refractivity contribution in [2.75, 3.05) is 31.3 Å². The van der Waals surface area contributed by atoms with Crippen LogP contribution in [0.1, 0.15) is 41.8 Å². The summed E-state index contributed by atoms with van der Waals surface area (Å²) in [6.07, 6.45) is 0.170. The number of nitriles is 1. The highest BCUT2D eigenvalue weighted by molar-refractivity contribution is 5.97. The van der Waals surface area contributed by atoms with Crippen molar-refractivity contribution < 1.29 is 23.8 Å². The van der Waals surface area contributed by atoms with Crippen LogP contribution >= 0.6 is 0 Å². The number of carbonyl (C=O) groups excluding carboxylic acids is 2. The zero-order chi connectivity index (χ0) is 22.8. The Kier molecular flexibility index (Phi) is 8.89. The molecule has 0 aliphatic rings. The molecule has 0 fully saturated rings. The van der Waals surface area contributed by atoms with Gasteiger partial charge in [0.05, 0.1) is 31.3 Å². The van der Waals surface area contributed by atoms with Gasteiger partial charge >= 0.3 is 5.97 Å². The number of aryl methyl sites for hydroxylation is 2. The lowest BCUT2D eigenvalue weighted by Gasteiger charge is -2.22. The van der Waals surface area contributed by atoms with Crippen molar-refractivity contribution in [3.8, 4) is 17.6 Å². The van der Waals surface area contributed by atoms with Crippen molar-refractivity contribution in [3.63, 3.8) is 0 Å². The Bertz CT molecular complexity index is 945. The van der Waals surface area contributed by atoms with Crippen LogP contribution in [0, 0.1) is 25.2 Å². The molecule has 7 nitrogen and oxygen atoms in total. The molecular formula is C24H28N2O5. The number of esters is 1. The minimum Gasteiger partial charge on any atom is -0.490 e. The van der Waals surface area contributed by atoms with E-state index >= 15 is 0 Å². The highest BCUT2D eigenvalue weighted by atomic mass is 16.5. The number of ether oxygens (including phenoxy) is 3. The van der Waals surface area contributed by atoms with E-state index in [0.717, 1.165) is 11.1 Å². The minimum atomic E-state index is -0.641. The summed E-state index contributed by atoms with van der Waals surface area (Å²) in [4.78, 5) is 26.8. The fourth-order valence-corrected chi connectivity index (χ4v) is 3.13. The van der Waals surface area contributed by atoms with Crippen LogP contribution in [0.3, 0.4) is 0 Å². The van der Waals surface area contributed by atoms with E-state index in [4.69, 9.17) is 19.5 Å². The first-order chi connectivity index (χ1) is 14.9. The smallest absolute Gasteiger partial charge is 0.338 e. The van der Waals surface area contributed by atoms with Crippen LogP contribution in [-0.2, 0) is 9.53 Å². The van der Waals surface area contributed by atoms with E-state index in [2.05, 4.69) is 0 Å². The van der Waals surface area contributed by atoms with Crippen molar-refractivity contribution in [2.45, 2.75) is 34.1 Å². The molecule has 7 heteroatoms. The molecule has 0 spiro atoms. The molecule has 0 bridgehead atoms. The van der Waals surface area contributed by atoms with Gasteiger partial charge in [0.25, 0.3) is 5.91 Å². The van der Waals surface area contributed by atoms with Crippen LogP contribution in [0.5, 0.6) is 11.5 Å². The molecular weight excluding hydrogens is 396 g/mol. The quantitative estimate of drug-likeness (QED) is 0.531. The monoisotopic (exact) mass is 424 g/mol. The van der Waals surface area contributed by atoms with Crippen LogP contribution in [0.15, 0.2) is 36.4 Å². The zero-order valence-corrected chi connectivity index (χ0v) is 18.4. The Morgan fingerprint density at radius 2 is 1.61 bits per heavy atom. The van der Waals surface area contributed by atoms with Crippen molar-refractivity contribution >= 4 is 17.6 Å². The largest absolute Gasteiger partial charge is 0.490 e. The number of nitrogens with zero attached hydrogens (tertiary/aromatic N) is 2. The molecule has 1 amide bonds. The molecule has 0 radical (unpaired) electrons. The van der Waals surface area contributed by atoms with Crippen LogP contribution in [0.25, 0.3) is 0 Å². The van der Waals surface area contributed by atoms with Gasteiger partial charge in [0.2, 0.25) is 0 Å². The van der Waals surface area contributed by atoms with Crippen LogP contribution < -0.4 is 14.4 Å². The van der Waals surface area contributed by atoms with Gasteiger partial charge in [-0.05, 0) is 69.2 Å². The highest BCUT2D eigenvalue weighted by Crippen LogP contribution is 2.29. The maximum atomic E-state index is 12.8. The maximum Gasteiger partial charge on any atom is 0.338 e. The average molecular weight is 424 g/mol. The second-order valence-corrected chi connectivity index (χ2v) is 6.90. The molecule has 0 aliphatic carbocycles. The van der Waals surface area contributed by atoms with Gasteiger partial charge < -0.3 is 19.1 Å². The van der Waals surface area contributed by atoms with E-state index in [1.54, 1.807) is 18.2 Å². The molecule has 2 aromatic rings. The fraction of sp³-hybridized carbons (Fsp3) is 0.375. The van der Waals surface area contributed by atoms with E-state index in [1.165, 1.54) is 4.90 Å². The lowest BCUT2D eigenvalue weighted by atomic mass is 10.1. The van der Waals surface area contributed by atoms with Gasteiger partial charge in [0.1, 0.15) is 0 Å². The van der Waals surface area contributed by atoms with Gasteiger partial charge in [-0.15, -0.1) is 0 Å². The molecule has 0 saturated heterocycles. The molecule has 0 aliphatic heterocycles. The maximum absolute atomic E-state index is 12.8. The minimum absolute atomic E-state index is 0.170. The predicted molar refractivity (Wildman–Crippen MR) is 118 cm³/mol. The molecule has 0 atom stereocenters. The Hall–Kier alpha value is -3.53. The summed E-state index contributed by atoms with van der Waals surface area (Å²) >= 11 is 0. The third-order valence-electron chi connectivity index (χ3n) is 4.37. The number of rotatable bonds is 10. The lowest BCUT2D eigenvalue weighted by Crippen LogP contribution is -2.35. The van der Waals surface area contributed by atoms with Crippen molar-refractivity contribution in [2.24, 2.45) is 0 Å². The van der Waals surface area contributed by atoms with Crippen LogP contribution in [0.4, 0.5) is 5.69 Å². The summed E-state index contributed by atoms with van der Waals surface area (Å²) in [5, 5.41) is 8.95. The number of anilines is 1. The van der Waals surface area contributed by atoms with Gasteiger partial charge in [0, 0.05) is 12.2 Å². The van der Waals surface area contributed by atoms with Gasteiger partial charge in [-0.25, -0.2) is 4.79 Å². The summed E-state index contributed by atoms with van der Waals surface area (Å²) in [5.41, 5.74) is 2.93. The number of carbonyl (C=O) groups is 2. The van der Waals surface area contributed by atoms with E-state index in [0.29, 0.717) is 30.4 Å². The number of benzene rings is 2. The standard InChI is InChI=1S/C24H28N2O5/c1-5-29-21-9-8-19(15-22(21)30-6-2)24(28)31-16-23(27)26(11-7-10-25)20-13-17(3)12-18(4)14-20/h8-9,12-15H,5-7,11,16H2,1-4H3. The Balaban J connectivity index is 2.13. The summed E-state index contributed by atoms with van der Waals surface area (Å²) in [5.74, 6) is -0.0620. The van der Waals surface area contributed by atoms with Crippen molar-refractivity contribution in [1.82, 2.24) is 0 Å². The number of amides is 1. The van der Waals surface area contributed by atoms with Gasteiger partial charge in [-0.2, -0.15) is 5.26 Å². The van der Waals surface area contributed by atoms with Crippen molar-refractivity contribution in [3.05, 3.63) is 53.1 Å². The molecule has 0 unspecified atom stereocenters. The SMILES string of the molecule is CCOc1ccc(C(=O)OCC(=O)N(CCC#N)c2cc(C)cc(C)c2)cc1OCC. The molecule has 2 aromatic carbocycles.